The Morgan fingerprint density at radius 1 is 1.24 bits per heavy atom. The van der Waals surface area contributed by atoms with Crippen molar-refractivity contribution in [1.82, 2.24) is 14.1 Å². The zero-order valence-corrected chi connectivity index (χ0v) is 18.0. The first-order valence-electron chi connectivity index (χ1n) is 9.74. The number of benzene rings is 1. The van der Waals surface area contributed by atoms with Crippen molar-refractivity contribution in [3.8, 4) is 0 Å². The second kappa shape index (κ2) is 8.41. The molecule has 1 aromatic carbocycles. The number of rotatable bonds is 5. The fourth-order valence-electron chi connectivity index (χ4n) is 4.40. The van der Waals surface area contributed by atoms with Crippen molar-refractivity contribution in [3.05, 3.63) is 35.9 Å². The highest BCUT2D eigenvalue weighted by Gasteiger charge is 2.57. The van der Waals surface area contributed by atoms with E-state index >= 15 is 0 Å². The zero-order valence-electron chi connectivity index (χ0n) is 17.2. The topological polar surface area (TPSA) is 87.2 Å². The third-order valence-corrected chi connectivity index (χ3v) is 7.84. The van der Waals surface area contributed by atoms with Gasteiger partial charge in [0.15, 0.2) is 0 Å². The second-order valence-corrected chi connectivity index (χ2v) is 10.2. The number of amides is 2. The molecule has 2 saturated heterocycles. The average molecular weight is 424 g/mol. The van der Waals surface area contributed by atoms with E-state index in [4.69, 9.17) is 4.74 Å². The van der Waals surface area contributed by atoms with Gasteiger partial charge in [0.2, 0.25) is 21.8 Å². The number of piperidine rings is 1. The molecule has 160 valence electrons. The van der Waals surface area contributed by atoms with Gasteiger partial charge in [0, 0.05) is 40.3 Å². The van der Waals surface area contributed by atoms with Crippen LogP contribution in [-0.2, 0) is 31.0 Å². The number of carbonyl (C=O) groups excluding carboxylic acids is 2. The van der Waals surface area contributed by atoms with Crippen molar-refractivity contribution in [2.45, 2.75) is 25.5 Å². The molecule has 2 atom stereocenters. The SMILES string of the molecule is CN(C)C(=O)[C@]12CCS(=O)(=O)N(C)[C@@H]1CCN(C(=O)COCc1ccccc1)C2. The number of carbonyl (C=O) groups is 2. The van der Waals surface area contributed by atoms with Crippen molar-refractivity contribution in [1.29, 1.82) is 0 Å². The van der Waals surface area contributed by atoms with Crippen LogP contribution in [0.15, 0.2) is 30.3 Å². The summed E-state index contributed by atoms with van der Waals surface area (Å²) in [6, 6.07) is 9.16. The van der Waals surface area contributed by atoms with Crippen molar-refractivity contribution >= 4 is 21.8 Å². The molecule has 8 nitrogen and oxygen atoms in total. The summed E-state index contributed by atoms with van der Waals surface area (Å²) in [4.78, 5) is 29.0. The third kappa shape index (κ3) is 4.31. The fourth-order valence-corrected chi connectivity index (χ4v) is 6.01. The zero-order chi connectivity index (χ0) is 21.2. The Bertz CT molecular complexity index is 858. The molecule has 2 aliphatic heterocycles. The normalized spacial score (nSPS) is 26.6. The molecular formula is C20H29N3O5S. The van der Waals surface area contributed by atoms with E-state index in [1.807, 2.05) is 30.3 Å². The highest BCUT2D eigenvalue weighted by molar-refractivity contribution is 7.89. The molecule has 9 heteroatoms. The van der Waals surface area contributed by atoms with Gasteiger partial charge in [-0.1, -0.05) is 30.3 Å². The van der Waals surface area contributed by atoms with Crippen molar-refractivity contribution < 1.29 is 22.7 Å². The summed E-state index contributed by atoms with van der Waals surface area (Å²) in [6.07, 6.45) is 0.649. The molecule has 2 fully saturated rings. The molecule has 2 amide bonds. The summed E-state index contributed by atoms with van der Waals surface area (Å²) < 4.78 is 31.6. The van der Waals surface area contributed by atoms with Crippen molar-refractivity contribution in [2.75, 3.05) is 46.6 Å². The maximum atomic E-state index is 13.1. The van der Waals surface area contributed by atoms with E-state index in [9.17, 15) is 18.0 Å². The van der Waals surface area contributed by atoms with E-state index in [1.165, 1.54) is 16.3 Å². The lowest BCUT2D eigenvalue weighted by Crippen LogP contribution is -2.67. The molecule has 29 heavy (non-hydrogen) atoms. The Balaban J connectivity index is 1.72. The molecule has 0 N–H and O–H groups in total. The first-order chi connectivity index (χ1) is 13.7. The highest BCUT2D eigenvalue weighted by atomic mass is 32.2. The Hall–Kier alpha value is -1.97. The standard InChI is InChI=1S/C20H29N3O5S/c1-21(2)19(25)20-10-12-29(26,27)22(3)17(20)9-11-23(15-20)18(24)14-28-13-16-7-5-4-6-8-16/h4-8,17H,9-15H2,1-3H3/t17-,20+/m1/s1. The molecule has 2 heterocycles. The minimum absolute atomic E-state index is 0.0695. The van der Waals surface area contributed by atoms with Gasteiger partial charge < -0.3 is 14.5 Å². The van der Waals surface area contributed by atoms with Gasteiger partial charge in [-0.05, 0) is 18.4 Å². The molecule has 0 spiro atoms. The summed E-state index contributed by atoms with van der Waals surface area (Å²) in [5.74, 6) is -0.403. The smallest absolute Gasteiger partial charge is 0.248 e. The van der Waals surface area contributed by atoms with E-state index in [2.05, 4.69) is 0 Å². The predicted molar refractivity (Wildman–Crippen MR) is 108 cm³/mol. The minimum atomic E-state index is -3.38. The molecule has 3 rings (SSSR count). The van der Waals surface area contributed by atoms with Crippen LogP contribution in [0.1, 0.15) is 18.4 Å². The van der Waals surface area contributed by atoms with Crippen LogP contribution in [0.4, 0.5) is 0 Å². The number of sulfonamides is 1. The molecule has 2 aliphatic rings. The summed E-state index contributed by atoms with van der Waals surface area (Å²) in [6.45, 7) is 0.883. The largest absolute Gasteiger partial charge is 0.367 e. The Morgan fingerprint density at radius 3 is 2.59 bits per heavy atom. The van der Waals surface area contributed by atoms with Gasteiger partial charge in [0.1, 0.15) is 6.61 Å². The molecule has 0 radical (unpaired) electrons. The minimum Gasteiger partial charge on any atom is -0.367 e. The van der Waals surface area contributed by atoms with Crippen LogP contribution in [0.5, 0.6) is 0 Å². The monoisotopic (exact) mass is 423 g/mol. The Morgan fingerprint density at radius 2 is 1.93 bits per heavy atom. The summed E-state index contributed by atoms with van der Waals surface area (Å²) in [5.41, 5.74) is 0.0639. The number of hydrogen-bond donors (Lipinski definition) is 0. The van der Waals surface area contributed by atoms with Gasteiger partial charge in [-0.3, -0.25) is 9.59 Å². The predicted octanol–water partition coefficient (Wildman–Crippen LogP) is 0.544. The van der Waals surface area contributed by atoms with Gasteiger partial charge >= 0.3 is 0 Å². The summed E-state index contributed by atoms with van der Waals surface area (Å²) in [7, 11) is 1.50. The molecule has 1 aromatic rings. The van der Waals surface area contributed by atoms with Gasteiger partial charge in [-0.25, -0.2) is 12.7 Å². The van der Waals surface area contributed by atoms with Gasteiger partial charge in [0.25, 0.3) is 0 Å². The van der Waals surface area contributed by atoms with Crippen LogP contribution in [0.3, 0.4) is 0 Å². The first-order valence-corrected chi connectivity index (χ1v) is 11.4. The van der Waals surface area contributed by atoms with Crippen LogP contribution in [0.2, 0.25) is 0 Å². The van der Waals surface area contributed by atoms with E-state index in [0.717, 1.165) is 5.56 Å². The number of nitrogens with zero attached hydrogens (tertiary/aromatic N) is 3. The quantitative estimate of drug-likeness (QED) is 0.690. The lowest BCUT2D eigenvalue weighted by atomic mass is 9.72. The van der Waals surface area contributed by atoms with E-state index < -0.39 is 21.5 Å². The Kier molecular flexibility index (Phi) is 6.30. The lowest BCUT2D eigenvalue weighted by Gasteiger charge is -2.53. The second-order valence-electron chi connectivity index (χ2n) is 8.04. The molecule has 0 bridgehead atoms. The first kappa shape index (κ1) is 21.7. The third-order valence-electron chi connectivity index (χ3n) is 5.99. The summed E-state index contributed by atoms with van der Waals surface area (Å²) in [5, 5.41) is 0. The number of ether oxygens (including phenoxy) is 1. The van der Waals surface area contributed by atoms with Crippen LogP contribution in [0.25, 0.3) is 0 Å². The summed E-state index contributed by atoms with van der Waals surface area (Å²) >= 11 is 0. The highest BCUT2D eigenvalue weighted by Crippen LogP contribution is 2.43. The van der Waals surface area contributed by atoms with Gasteiger partial charge in [-0.15, -0.1) is 0 Å². The number of hydrogen-bond acceptors (Lipinski definition) is 5. The average Bonchev–Trinajstić information content (AvgIpc) is 2.71. The van der Waals surface area contributed by atoms with Crippen LogP contribution < -0.4 is 0 Å². The van der Waals surface area contributed by atoms with Crippen LogP contribution >= 0.6 is 0 Å². The van der Waals surface area contributed by atoms with Crippen LogP contribution in [-0.4, -0.2) is 87.0 Å². The number of likely N-dealkylation sites (tertiary alicyclic amines) is 1. The number of fused-ring (bicyclic) bond motifs is 1. The van der Waals surface area contributed by atoms with Crippen LogP contribution in [0, 0.1) is 5.41 Å². The van der Waals surface area contributed by atoms with E-state index in [0.29, 0.717) is 19.6 Å². The van der Waals surface area contributed by atoms with Gasteiger partial charge in [0.05, 0.1) is 17.8 Å². The van der Waals surface area contributed by atoms with Crippen molar-refractivity contribution in [2.24, 2.45) is 5.41 Å². The molecule has 0 aliphatic carbocycles. The maximum absolute atomic E-state index is 13.1. The van der Waals surface area contributed by atoms with E-state index in [-0.39, 0.29) is 37.1 Å². The fraction of sp³-hybridized carbons (Fsp3) is 0.600. The van der Waals surface area contributed by atoms with Crippen molar-refractivity contribution in [3.63, 3.8) is 0 Å². The maximum Gasteiger partial charge on any atom is 0.248 e. The molecule has 0 unspecified atom stereocenters. The Labute approximate surface area is 172 Å². The molecule has 0 saturated carbocycles. The molecule has 0 aromatic heterocycles. The lowest BCUT2D eigenvalue weighted by molar-refractivity contribution is -0.154. The molecular weight excluding hydrogens is 394 g/mol. The van der Waals surface area contributed by atoms with E-state index in [1.54, 1.807) is 19.0 Å². The van der Waals surface area contributed by atoms with Gasteiger partial charge in [-0.2, -0.15) is 0 Å².